The third kappa shape index (κ3) is 2.41. The van der Waals surface area contributed by atoms with Gasteiger partial charge in [0.2, 0.25) is 0 Å². The van der Waals surface area contributed by atoms with Crippen molar-refractivity contribution in [1.82, 2.24) is 9.88 Å². The summed E-state index contributed by atoms with van der Waals surface area (Å²) in [6, 6.07) is 5.49. The minimum Gasteiger partial charge on any atom is -0.397 e. The molecule has 0 radical (unpaired) electrons. The Bertz CT molecular complexity index is 459. The fourth-order valence-electron chi connectivity index (χ4n) is 3.45. The van der Waals surface area contributed by atoms with Crippen molar-refractivity contribution >= 4 is 11.5 Å². The Kier molecular flexibility index (Phi) is 3.35. The Hall–Kier alpha value is -1.29. The highest BCUT2D eigenvalue weighted by Crippen LogP contribution is 2.27. The van der Waals surface area contributed by atoms with E-state index in [9.17, 15) is 0 Å². The van der Waals surface area contributed by atoms with Gasteiger partial charge in [-0.1, -0.05) is 0 Å². The van der Waals surface area contributed by atoms with Gasteiger partial charge in [-0.25, -0.2) is 4.98 Å². The molecule has 4 heteroatoms. The molecule has 0 aromatic carbocycles. The second-order valence-corrected chi connectivity index (χ2v) is 5.96. The van der Waals surface area contributed by atoms with Gasteiger partial charge in [-0.2, -0.15) is 0 Å². The number of hydrogen-bond donors (Lipinski definition) is 1. The van der Waals surface area contributed by atoms with Gasteiger partial charge in [0.1, 0.15) is 5.82 Å². The Morgan fingerprint density at radius 2 is 2.11 bits per heavy atom. The zero-order valence-electron chi connectivity index (χ0n) is 12.0. The van der Waals surface area contributed by atoms with Crippen LogP contribution in [-0.2, 0) is 0 Å². The van der Waals surface area contributed by atoms with Crippen LogP contribution in [-0.4, -0.2) is 41.6 Å². The molecule has 0 amide bonds. The highest BCUT2D eigenvalue weighted by Gasteiger charge is 2.33. The lowest BCUT2D eigenvalue weighted by Crippen LogP contribution is -2.39. The molecular weight excluding hydrogens is 236 g/mol. The highest BCUT2D eigenvalue weighted by atomic mass is 15.3. The van der Waals surface area contributed by atoms with Gasteiger partial charge in [-0.3, -0.25) is 4.90 Å². The molecule has 1 unspecified atom stereocenters. The summed E-state index contributed by atoms with van der Waals surface area (Å²) in [5.41, 5.74) is 7.57. The molecule has 4 nitrogen and oxygen atoms in total. The number of aromatic nitrogens is 1. The molecule has 2 N–H and O–H groups in total. The predicted octanol–water partition coefficient (Wildman–Crippen LogP) is 2.04. The van der Waals surface area contributed by atoms with Crippen LogP contribution in [0.2, 0.25) is 0 Å². The molecule has 2 atom stereocenters. The molecule has 3 heterocycles. The topological polar surface area (TPSA) is 45.4 Å². The first kappa shape index (κ1) is 12.7. The van der Waals surface area contributed by atoms with Gasteiger partial charge in [-0.05, 0) is 51.8 Å². The normalized spacial score (nSPS) is 28.2. The summed E-state index contributed by atoms with van der Waals surface area (Å²) < 4.78 is 0. The van der Waals surface area contributed by atoms with Gasteiger partial charge in [-0.15, -0.1) is 0 Å². The standard InChI is InChI=1S/C15H24N4/c1-11-4-3-8-19(11)13-7-9-18(10-13)15-6-5-14(16)12(2)17-15/h5-6,11,13H,3-4,7-10,16H2,1-2H3/t11-,13?/m0/s1. The molecule has 1 aromatic rings. The minimum atomic E-state index is 0.706. The smallest absolute Gasteiger partial charge is 0.129 e. The van der Waals surface area contributed by atoms with Crippen molar-refractivity contribution in [3.05, 3.63) is 17.8 Å². The summed E-state index contributed by atoms with van der Waals surface area (Å²) in [6.45, 7) is 7.84. The summed E-state index contributed by atoms with van der Waals surface area (Å²) in [5, 5.41) is 0. The van der Waals surface area contributed by atoms with Crippen LogP contribution >= 0.6 is 0 Å². The van der Waals surface area contributed by atoms with E-state index in [0.29, 0.717) is 6.04 Å². The van der Waals surface area contributed by atoms with Crippen LogP contribution in [0.25, 0.3) is 0 Å². The number of rotatable bonds is 2. The number of likely N-dealkylation sites (tertiary alicyclic amines) is 1. The van der Waals surface area contributed by atoms with Gasteiger partial charge in [0.15, 0.2) is 0 Å². The molecule has 2 aliphatic heterocycles. The van der Waals surface area contributed by atoms with Crippen LogP contribution in [0.4, 0.5) is 11.5 Å². The lowest BCUT2D eigenvalue weighted by atomic mass is 10.2. The first-order chi connectivity index (χ1) is 9.15. The van der Waals surface area contributed by atoms with Crippen molar-refractivity contribution in [1.29, 1.82) is 0 Å². The third-order valence-electron chi connectivity index (χ3n) is 4.67. The van der Waals surface area contributed by atoms with E-state index < -0.39 is 0 Å². The second kappa shape index (κ2) is 5.00. The fourth-order valence-corrected chi connectivity index (χ4v) is 3.45. The molecule has 0 saturated carbocycles. The van der Waals surface area contributed by atoms with Crippen molar-refractivity contribution in [2.24, 2.45) is 0 Å². The van der Waals surface area contributed by atoms with E-state index in [4.69, 9.17) is 5.73 Å². The molecule has 2 saturated heterocycles. The van der Waals surface area contributed by atoms with Gasteiger partial charge < -0.3 is 10.6 Å². The van der Waals surface area contributed by atoms with E-state index in [1.165, 1.54) is 25.8 Å². The monoisotopic (exact) mass is 260 g/mol. The van der Waals surface area contributed by atoms with Crippen molar-refractivity contribution in [3.63, 3.8) is 0 Å². The van der Waals surface area contributed by atoms with Crippen LogP contribution in [0, 0.1) is 6.92 Å². The molecule has 3 rings (SSSR count). The average molecular weight is 260 g/mol. The number of aryl methyl sites for hydroxylation is 1. The second-order valence-electron chi connectivity index (χ2n) is 5.96. The highest BCUT2D eigenvalue weighted by molar-refractivity contribution is 5.51. The summed E-state index contributed by atoms with van der Waals surface area (Å²) in [5.74, 6) is 1.08. The molecular formula is C15H24N4. The molecule has 0 aliphatic carbocycles. The maximum atomic E-state index is 5.84. The Labute approximate surface area is 115 Å². The minimum absolute atomic E-state index is 0.706. The van der Waals surface area contributed by atoms with E-state index in [2.05, 4.69) is 27.8 Å². The molecule has 1 aromatic heterocycles. The van der Waals surface area contributed by atoms with E-state index in [1.54, 1.807) is 0 Å². The van der Waals surface area contributed by atoms with E-state index in [1.807, 2.05) is 13.0 Å². The van der Waals surface area contributed by atoms with Crippen LogP contribution in [0.3, 0.4) is 0 Å². The predicted molar refractivity (Wildman–Crippen MR) is 79.4 cm³/mol. The van der Waals surface area contributed by atoms with Crippen LogP contribution in [0.5, 0.6) is 0 Å². The molecule has 0 bridgehead atoms. The first-order valence-corrected chi connectivity index (χ1v) is 7.39. The molecule has 2 fully saturated rings. The van der Waals surface area contributed by atoms with Crippen molar-refractivity contribution in [2.75, 3.05) is 30.3 Å². The fraction of sp³-hybridized carbons (Fsp3) is 0.667. The van der Waals surface area contributed by atoms with Gasteiger partial charge in [0.25, 0.3) is 0 Å². The van der Waals surface area contributed by atoms with Crippen molar-refractivity contribution in [3.8, 4) is 0 Å². The Morgan fingerprint density at radius 3 is 2.79 bits per heavy atom. The number of pyridine rings is 1. The largest absolute Gasteiger partial charge is 0.397 e. The van der Waals surface area contributed by atoms with Crippen molar-refractivity contribution < 1.29 is 0 Å². The summed E-state index contributed by atoms with van der Waals surface area (Å²) in [7, 11) is 0. The zero-order chi connectivity index (χ0) is 13.4. The number of nitrogens with zero attached hydrogens (tertiary/aromatic N) is 3. The van der Waals surface area contributed by atoms with Crippen LogP contribution in [0.15, 0.2) is 12.1 Å². The Morgan fingerprint density at radius 1 is 1.26 bits per heavy atom. The SMILES string of the molecule is Cc1nc(N2CCC(N3CCC[C@@H]3C)C2)ccc1N. The lowest BCUT2D eigenvalue weighted by Gasteiger charge is -2.28. The average Bonchev–Trinajstić information content (AvgIpc) is 3.01. The molecule has 19 heavy (non-hydrogen) atoms. The molecule has 104 valence electrons. The number of nitrogens with two attached hydrogens (primary N) is 1. The number of anilines is 2. The first-order valence-electron chi connectivity index (χ1n) is 7.39. The van der Waals surface area contributed by atoms with E-state index in [0.717, 1.165) is 36.3 Å². The van der Waals surface area contributed by atoms with E-state index >= 15 is 0 Å². The van der Waals surface area contributed by atoms with Crippen molar-refractivity contribution in [2.45, 2.75) is 45.2 Å². The number of hydrogen-bond acceptors (Lipinski definition) is 4. The van der Waals surface area contributed by atoms with Gasteiger partial charge in [0.05, 0.1) is 11.4 Å². The zero-order valence-corrected chi connectivity index (χ0v) is 12.0. The third-order valence-corrected chi connectivity index (χ3v) is 4.67. The summed E-state index contributed by atoms with van der Waals surface area (Å²) in [4.78, 5) is 9.71. The van der Waals surface area contributed by atoms with Crippen LogP contribution < -0.4 is 10.6 Å². The van der Waals surface area contributed by atoms with Gasteiger partial charge >= 0.3 is 0 Å². The maximum Gasteiger partial charge on any atom is 0.129 e. The lowest BCUT2D eigenvalue weighted by molar-refractivity contribution is 0.204. The quantitative estimate of drug-likeness (QED) is 0.884. The molecule has 0 spiro atoms. The van der Waals surface area contributed by atoms with Gasteiger partial charge in [0, 0.05) is 25.2 Å². The summed E-state index contributed by atoms with van der Waals surface area (Å²) >= 11 is 0. The Balaban J connectivity index is 1.69. The van der Waals surface area contributed by atoms with Crippen LogP contribution in [0.1, 0.15) is 31.9 Å². The number of nitrogen functional groups attached to an aromatic ring is 1. The van der Waals surface area contributed by atoms with E-state index in [-0.39, 0.29) is 0 Å². The maximum absolute atomic E-state index is 5.84. The summed E-state index contributed by atoms with van der Waals surface area (Å²) in [6.07, 6.45) is 3.97. The molecule has 2 aliphatic rings.